The summed E-state index contributed by atoms with van der Waals surface area (Å²) in [4.78, 5) is 16.0. The Kier molecular flexibility index (Phi) is 3.62. The van der Waals surface area contributed by atoms with Crippen LogP contribution in [0.1, 0.15) is 11.3 Å². The summed E-state index contributed by atoms with van der Waals surface area (Å²) in [6, 6.07) is 8.86. The number of nitrogens with zero attached hydrogens (tertiary/aromatic N) is 1. The summed E-state index contributed by atoms with van der Waals surface area (Å²) in [6.45, 7) is 0. The van der Waals surface area contributed by atoms with Crippen LogP contribution in [0, 0.1) is 0 Å². The zero-order valence-electron chi connectivity index (χ0n) is 11.0. The first-order valence-electron chi connectivity index (χ1n) is 6.07. The van der Waals surface area contributed by atoms with Crippen molar-refractivity contribution in [1.29, 1.82) is 0 Å². The molecule has 21 heavy (non-hydrogen) atoms. The summed E-state index contributed by atoms with van der Waals surface area (Å²) >= 11 is 3.38. The van der Waals surface area contributed by atoms with Gasteiger partial charge in [0.05, 0.1) is 13.4 Å². The van der Waals surface area contributed by atoms with E-state index in [1.807, 2.05) is 12.1 Å². The lowest BCUT2D eigenvalue weighted by atomic mass is 10.1. The van der Waals surface area contributed by atoms with Crippen LogP contribution in [-0.4, -0.2) is 19.0 Å². The molecule has 0 saturated carbocycles. The number of rotatable bonds is 3. The molecule has 1 aliphatic rings. The lowest BCUT2D eigenvalue weighted by Crippen LogP contribution is -2.04. The van der Waals surface area contributed by atoms with E-state index in [2.05, 4.69) is 20.9 Å². The number of hydrogen-bond donors (Lipinski definition) is 0. The molecule has 0 amide bonds. The highest BCUT2D eigenvalue weighted by atomic mass is 79.9. The van der Waals surface area contributed by atoms with E-state index >= 15 is 0 Å². The topological polar surface area (TPSA) is 61.0 Å². The van der Waals surface area contributed by atoms with E-state index in [0.717, 1.165) is 10.0 Å². The minimum absolute atomic E-state index is 0.158. The lowest BCUT2D eigenvalue weighted by molar-refractivity contribution is -0.130. The maximum atomic E-state index is 11.9. The van der Waals surface area contributed by atoms with Crippen molar-refractivity contribution >= 4 is 33.9 Å². The van der Waals surface area contributed by atoms with Crippen molar-refractivity contribution in [2.75, 3.05) is 7.11 Å². The van der Waals surface area contributed by atoms with E-state index < -0.39 is 5.97 Å². The molecule has 0 bridgehead atoms. The molecule has 2 aromatic rings. The van der Waals surface area contributed by atoms with Crippen LogP contribution in [0.4, 0.5) is 0 Å². The van der Waals surface area contributed by atoms with Gasteiger partial charge in [0, 0.05) is 10.0 Å². The maximum Gasteiger partial charge on any atom is 0.363 e. The van der Waals surface area contributed by atoms with Gasteiger partial charge in [0.15, 0.2) is 11.5 Å². The lowest BCUT2D eigenvalue weighted by Gasteiger charge is -2.04. The van der Waals surface area contributed by atoms with Gasteiger partial charge in [0.1, 0.15) is 5.75 Å². The fraction of sp³-hybridized carbons (Fsp3) is 0.0667. The van der Waals surface area contributed by atoms with Gasteiger partial charge in [0.25, 0.3) is 5.90 Å². The number of benzene rings is 1. The van der Waals surface area contributed by atoms with Gasteiger partial charge < -0.3 is 13.9 Å². The fourth-order valence-corrected chi connectivity index (χ4v) is 2.26. The van der Waals surface area contributed by atoms with Gasteiger partial charge in [-0.15, -0.1) is 0 Å². The molecule has 0 unspecified atom stereocenters. The molecule has 0 spiro atoms. The van der Waals surface area contributed by atoms with Crippen molar-refractivity contribution in [3.8, 4) is 5.75 Å². The Morgan fingerprint density at radius 2 is 2.19 bits per heavy atom. The second kappa shape index (κ2) is 5.57. The third-order valence-electron chi connectivity index (χ3n) is 2.84. The highest BCUT2D eigenvalue weighted by Gasteiger charge is 2.26. The van der Waals surface area contributed by atoms with Gasteiger partial charge in [-0.25, -0.2) is 9.79 Å². The molecule has 0 atom stereocenters. The van der Waals surface area contributed by atoms with E-state index in [9.17, 15) is 4.79 Å². The Morgan fingerprint density at radius 1 is 1.33 bits per heavy atom. The van der Waals surface area contributed by atoms with Gasteiger partial charge in [0.2, 0.25) is 0 Å². The monoisotopic (exact) mass is 347 g/mol. The van der Waals surface area contributed by atoms with E-state index in [1.165, 1.54) is 6.26 Å². The number of esters is 1. The van der Waals surface area contributed by atoms with Crippen LogP contribution in [0.3, 0.4) is 0 Å². The van der Waals surface area contributed by atoms with Crippen LogP contribution in [0.25, 0.3) is 6.08 Å². The molecule has 2 heterocycles. The summed E-state index contributed by atoms with van der Waals surface area (Å²) < 4.78 is 16.4. The maximum absolute atomic E-state index is 11.9. The van der Waals surface area contributed by atoms with Crippen LogP contribution < -0.4 is 4.74 Å². The predicted octanol–water partition coefficient (Wildman–Crippen LogP) is 3.40. The summed E-state index contributed by atoms with van der Waals surface area (Å²) in [5.41, 5.74) is 0.918. The Labute approximate surface area is 129 Å². The highest BCUT2D eigenvalue weighted by Crippen LogP contribution is 2.27. The normalized spacial score (nSPS) is 16.0. The molecule has 1 aliphatic heterocycles. The van der Waals surface area contributed by atoms with Crippen molar-refractivity contribution in [3.63, 3.8) is 0 Å². The van der Waals surface area contributed by atoms with Crippen LogP contribution in [0.2, 0.25) is 0 Å². The van der Waals surface area contributed by atoms with E-state index in [0.29, 0.717) is 11.5 Å². The molecule has 3 rings (SSSR count). The molecule has 1 aromatic heterocycles. The average molecular weight is 348 g/mol. The number of carbonyl (C=O) groups is 1. The number of aliphatic imine (C=N–C) groups is 1. The van der Waals surface area contributed by atoms with Gasteiger partial charge in [-0.1, -0.05) is 15.9 Å². The van der Waals surface area contributed by atoms with E-state index in [4.69, 9.17) is 13.9 Å². The van der Waals surface area contributed by atoms with Crippen molar-refractivity contribution in [2.45, 2.75) is 0 Å². The average Bonchev–Trinajstić information content (AvgIpc) is 3.10. The number of ether oxygens (including phenoxy) is 2. The van der Waals surface area contributed by atoms with Gasteiger partial charge >= 0.3 is 5.97 Å². The summed E-state index contributed by atoms with van der Waals surface area (Å²) in [7, 11) is 1.57. The molecular weight excluding hydrogens is 338 g/mol. The Hall–Kier alpha value is -2.34. The van der Waals surface area contributed by atoms with Gasteiger partial charge in [-0.2, -0.15) is 0 Å². The molecule has 0 fully saturated rings. The molecule has 106 valence electrons. The minimum Gasteiger partial charge on any atom is -0.496 e. The molecule has 5 nitrogen and oxygen atoms in total. The third kappa shape index (κ3) is 2.75. The summed E-state index contributed by atoms with van der Waals surface area (Å²) in [5, 5.41) is 0. The zero-order chi connectivity index (χ0) is 14.8. The van der Waals surface area contributed by atoms with Crippen LogP contribution >= 0.6 is 15.9 Å². The van der Waals surface area contributed by atoms with Crippen molar-refractivity contribution < 1.29 is 18.7 Å². The Balaban J connectivity index is 2.00. The Bertz CT molecular complexity index is 747. The van der Waals surface area contributed by atoms with Gasteiger partial charge in [-0.3, -0.25) is 0 Å². The number of methoxy groups -OCH3 is 1. The van der Waals surface area contributed by atoms with Crippen LogP contribution in [0.15, 0.2) is 56.2 Å². The quantitative estimate of drug-likeness (QED) is 0.630. The minimum atomic E-state index is -0.525. The number of furan rings is 1. The number of cyclic esters (lactones) is 1. The number of carbonyl (C=O) groups excluding carboxylic acids is 1. The van der Waals surface area contributed by atoms with Crippen molar-refractivity contribution in [2.24, 2.45) is 4.99 Å². The summed E-state index contributed by atoms with van der Waals surface area (Å²) in [6.07, 6.45) is 3.10. The largest absolute Gasteiger partial charge is 0.496 e. The third-order valence-corrected chi connectivity index (χ3v) is 3.33. The standard InChI is InChI=1S/C15H10BrNO4/c1-19-12-5-4-10(16)7-9(12)8-11-15(18)21-14(17-11)13-3-2-6-20-13/h2-8H,1H3/b11-8+. The zero-order valence-corrected chi connectivity index (χ0v) is 12.6. The van der Waals surface area contributed by atoms with E-state index in [1.54, 1.807) is 31.4 Å². The number of halogens is 1. The molecule has 0 radical (unpaired) electrons. The first-order chi connectivity index (χ1) is 10.2. The predicted molar refractivity (Wildman–Crippen MR) is 80.0 cm³/mol. The van der Waals surface area contributed by atoms with Gasteiger partial charge in [-0.05, 0) is 36.4 Å². The van der Waals surface area contributed by atoms with Crippen molar-refractivity contribution in [1.82, 2.24) is 0 Å². The SMILES string of the molecule is COc1ccc(Br)cc1/C=C1/N=C(c2ccco2)OC1=O. The van der Waals surface area contributed by atoms with Crippen molar-refractivity contribution in [3.05, 3.63) is 58.1 Å². The first-order valence-corrected chi connectivity index (χ1v) is 6.86. The number of hydrogen-bond acceptors (Lipinski definition) is 5. The van der Waals surface area contributed by atoms with E-state index in [-0.39, 0.29) is 11.6 Å². The Morgan fingerprint density at radius 3 is 2.90 bits per heavy atom. The van der Waals surface area contributed by atoms with Crippen LogP contribution in [-0.2, 0) is 9.53 Å². The van der Waals surface area contributed by atoms with Crippen LogP contribution in [0.5, 0.6) is 5.75 Å². The molecule has 1 aromatic carbocycles. The fourth-order valence-electron chi connectivity index (χ4n) is 1.88. The molecule has 0 aliphatic carbocycles. The second-order valence-electron chi connectivity index (χ2n) is 4.20. The molecule has 0 N–H and O–H groups in total. The molecule has 6 heteroatoms. The highest BCUT2D eigenvalue weighted by molar-refractivity contribution is 9.10. The smallest absolute Gasteiger partial charge is 0.363 e. The first kappa shape index (κ1) is 13.6. The second-order valence-corrected chi connectivity index (χ2v) is 5.12. The summed E-state index contributed by atoms with van der Waals surface area (Å²) in [5.74, 6) is 0.682. The molecule has 0 saturated heterocycles. The molecular formula is C15H10BrNO4.